The van der Waals surface area contributed by atoms with Gasteiger partial charge in [-0.2, -0.15) is 13.2 Å². The van der Waals surface area contributed by atoms with Crippen LogP contribution in [0.15, 0.2) is 0 Å². The van der Waals surface area contributed by atoms with Gasteiger partial charge in [0, 0.05) is 0 Å². The zero-order valence-corrected chi connectivity index (χ0v) is 6.81. The van der Waals surface area contributed by atoms with Crippen molar-refractivity contribution >= 4 is 5.97 Å². The zero-order valence-electron chi connectivity index (χ0n) is 6.81. The smallest absolute Gasteiger partial charge is 0.430 e. The Balaban J connectivity index is 3.81. The van der Waals surface area contributed by atoms with Gasteiger partial charge in [-0.1, -0.05) is 5.92 Å². The average molecular weight is 214 g/mol. The van der Waals surface area contributed by atoms with Gasteiger partial charge in [0.15, 0.2) is 6.79 Å². The summed E-state index contributed by atoms with van der Waals surface area (Å²) < 4.78 is 54.8. The van der Waals surface area contributed by atoms with E-state index in [-0.39, 0.29) is 6.61 Å². The number of alkyl halides is 4. The molecule has 0 aromatic rings. The maximum Gasteiger partial charge on any atom is 0.430 e. The molecule has 7 heteroatoms. The van der Waals surface area contributed by atoms with Crippen molar-refractivity contribution in [2.24, 2.45) is 0 Å². The molecule has 0 saturated heterocycles. The number of rotatable bonds is 4. The van der Waals surface area contributed by atoms with E-state index in [0.29, 0.717) is 0 Å². The second-order valence-electron chi connectivity index (χ2n) is 2.04. The van der Waals surface area contributed by atoms with E-state index in [9.17, 15) is 22.4 Å². The second kappa shape index (κ2) is 5.44. The molecule has 0 spiro atoms. The number of terminal acetylenes is 1. The van der Waals surface area contributed by atoms with Crippen molar-refractivity contribution in [1.82, 2.24) is 0 Å². The fourth-order valence-corrected chi connectivity index (χ4v) is 0.407. The summed E-state index contributed by atoms with van der Waals surface area (Å²) in [5.41, 5.74) is 0. The van der Waals surface area contributed by atoms with E-state index in [1.807, 2.05) is 5.92 Å². The molecule has 0 aromatic carbocycles. The summed E-state index contributed by atoms with van der Waals surface area (Å²) in [6.07, 6.45) is -4.21. The summed E-state index contributed by atoms with van der Waals surface area (Å²) >= 11 is 0. The van der Waals surface area contributed by atoms with Crippen LogP contribution < -0.4 is 0 Å². The van der Waals surface area contributed by atoms with Gasteiger partial charge in [-0.15, -0.1) is 6.42 Å². The van der Waals surface area contributed by atoms with Crippen molar-refractivity contribution in [2.75, 3.05) is 13.4 Å². The minimum absolute atomic E-state index is 0.240. The number of hydrogen-bond acceptors (Lipinski definition) is 3. The van der Waals surface area contributed by atoms with Crippen LogP contribution in [0.4, 0.5) is 17.6 Å². The van der Waals surface area contributed by atoms with Gasteiger partial charge in [0.25, 0.3) is 6.17 Å². The molecule has 0 aliphatic rings. The number of esters is 1. The summed E-state index contributed by atoms with van der Waals surface area (Å²) in [4.78, 5) is 10.3. The van der Waals surface area contributed by atoms with Crippen LogP contribution in [0.25, 0.3) is 0 Å². The molecule has 0 N–H and O–H groups in total. The molecule has 3 nitrogen and oxygen atoms in total. The summed E-state index contributed by atoms with van der Waals surface area (Å²) in [7, 11) is 0. The van der Waals surface area contributed by atoms with Gasteiger partial charge in [-0.3, -0.25) is 0 Å². The van der Waals surface area contributed by atoms with E-state index in [1.54, 1.807) is 0 Å². The van der Waals surface area contributed by atoms with Crippen LogP contribution in [0.5, 0.6) is 0 Å². The van der Waals surface area contributed by atoms with E-state index in [4.69, 9.17) is 6.42 Å². The Bertz CT molecular complexity index is 230. The largest absolute Gasteiger partial charge is 0.436 e. The molecule has 1 unspecified atom stereocenters. The first-order chi connectivity index (χ1) is 6.39. The Labute approximate surface area is 77.0 Å². The minimum Gasteiger partial charge on any atom is -0.436 e. The van der Waals surface area contributed by atoms with Crippen LogP contribution in [-0.4, -0.2) is 31.7 Å². The SMILES string of the molecule is C#CCOCOC(=O)C(F)C(F)(F)F. The Morgan fingerprint density at radius 3 is 2.50 bits per heavy atom. The van der Waals surface area contributed by atoms with E-state index < -0.39 is 25.1 Å². The van der Waals surface area contributed by atoms with Crippen molar-refractivity contribution in [3.8, 4) is 12.3 Å². The molecule has 0 saturated carbocycles. The molecule has 0 bridgehead atoms. The number of hydrogen-bond donors (Lipinski definition) is 0. The van der Waals surface area contributed by atoms with Crippen LogP contribution in [-0.2, 0) is 14.3 Å². The Morgan fingerprint density at radius 2 is 2.07 bits per heavy atom. The monoisotopic (exact) mass is 214 g/mol. The van der Waals surface area contributed by atoms with Gasteiger partial charge in [0.05, 0.1) is 0 Å². The third-order valence-corrected chi connectivity index (χ3v) is 0.964. The Kier molecular flexibility index (Phi) is 4.94. The molecule has 0 aliphatic carbocycles. The lowest BCUT2D eigenvalue weighted by Gasteiger charge is -2.10. The van der Waals surface area contributed by atoms with Crippen LogP contribution in [0, 0.1) is 12.3 Å². The molecule has 14 heavy (non-hydrogen) atoms. The highest BCUT2D eigenvalue weighted by Gasteiger charge is 2.46. The lowest BCUT2D eigenvalue weighted by atomic mass is 10.4. The molecule has 0 amide bonds. The van der Waals surface area contributed by atoms with Gasteiger partial charge in [-0.25, -0.2) is 9.18 Å². The Morgan fingerprint density at radius 1 is 1.50 bits per heavy atom. The quantitative estimate of drug-likeness (QED) is 0.230. The number of ether oxygens (including phenoxy) is 2. The van der Waals surface area contributed by atoms with Crippen molar-refractivity contribution < 1.29 is 31.8 Å². The number of carbonyl (C=O) groups is 1. The first-order valence-electron chi connectivity index (χ1n) is 3.28. The molecule has 1 atom stereocenters. The normalized spacial score (nSPS) is 13.1. The molecule has 0 aliphatic heterocycles. The molecule has 0 fully saturated rings. The highest BCUT2D eigenvalue weighted by Crippen LogP contribution is 2.23. The van der Waals surface area contributed by atoms with Gasteiger partial charge in [0.1, 0.15) is 6.61 Å². The molecular formula is C7H6F4O3. The van der Waals surface area contributed by atoms with Crippen LogP contribution in [0.2, 0.25) is 0 Å². The highest BCUT2D eigenvalue weighted by atomic mass is 19.4. The topological polar surface area (TPSA) is 35.5 Å². The van der Waals surface area contributed by atoms with Gasteiger partial charge in [0.2, 0.25) is 0 Å². The van der Waals surface area contributed by atoms with Gasteiger partial charge >= 0.3 is 12.1 Å². The third kappa shape index (κ3) is 4.67. The summed E-state index contributed by atoms with van der Waals surface area (Å²) in [6, 6.07) is 0. The maximum atomic E-state index is 12.1. The summed E-state index contributed by atoms with van der Waals surface area (Å²) in [6.45, 7) is -1.05. The van der Waals surface area contributed by atoms with Crippen molar-refractivity contribution in [1.29, 1.82) is 0 Å². The third-order valence-electron chi connectivity index (χ3n) is 0.964. The van der Waals surface area contributed by atoms with Crippen LogP contribution in [0.3, 0.4) is 0 Å². The molecule has 80 valence electrons. The molecule has 0 radical (unpaired) electrons. The standard InChI is InChI=1S/C7H6F4O3/c1-2-3-13-4-14-6(12)5(8)7(9,10)11/h1,5H,3-4H2. The van der Waals surface area contributed by atoms with E-state index >= 15 is 0 Å². The molecule has 0 rings (SSSR count). The summed E-state index contributed by atoms with van der Waals surface area (Å²) in [5, 5.41) is 0. The number of halogens is 4. The van der Waals surface area contributed by atoms with Crippen LogP contribution in [0.1, 0.15) is 0 Å². The zero-order chi connectivity index (χ0) is 11.2. The summed E-state index contributed by atoms with van der Waals surface area (Å²) in [5.74, 6) is -0.0753. The predicted octanol–water partition coefficient (Wildman–Crippen LogP) is 1.04. The van der Waals surface area contributed by atoms with E-state index in [2.05, 4.69) is 9.47 Å². The highest BCUT2D eigenvalue weighted by molar-refractivity contribution is 5.75. The number of carbonyl (C=O) groups excluding carboxylic acids is 1. The average Bonchev–Trinajstić information content (AvgIpc) is 2.09. The lowest BCUT2D eigenvalue weighted by molar-refractivity contribution is -0.206. The first kappa shape index (κ1) is 12.7. The first-order valence-corrected chi connectivity index (χ1v) is 3.28. The predicted molar refractivity (Wildman–Crippen MR) is 36.7 cm³/mol. The lowest BCUT2D eigenvalue weighted by Crippen LogP contribution is -2.34. The van der Waals surface area contributed by atoms with E-state index in [1.165, 1.54) is 0 Å². The molecule has 0 heterocycles. The van der Waals surface area contributed by atoms with Gasteiger partial charge < -0.3 is 9.47 Å². The maximum absolute atomic E-state index is 12.1. The molecular weight excluding hydrogens is 208 g/mol. The van der Waals surface area contributed by atoms with Crippen molar-refractivity contribution in [3.05, 3.63) is 0 Å². The van der Waals surface area contributed by atoms with Crippen LogP contribution >= 0.6 is 0 Å². The molecule has 0 aromatic heterocycles. The minimum atomic E-state index is -5.26. The fourth-order valence-electron chi connectivity index (χ4n) is 0.407. The van der Waals surface area contributed by atoms with Crippen molar-refractivity contribution in [2.45, 2.75) is 12.3 Å². The van der Waals surface area contributed by atoms with E-state index in [0.717, 1.165) is 0 Å². The fraction of sp³-hybridized carbons (Fsp3) is 0.571. The Hall–Kier alpha value is -1.29. The van der Waals surface area contributed by atoms with Gasteiger partial charge in [-0.05, 0) is 0 Å². The second-order valence-corrected chi connectivity index (χ2v) is 2.04. The van der Waals surface area contributed by atoms with Crippen molar-refractivity contribution in [3.63, 3.8) is 0 Å².